The molecule has 1 aromatic carbocycles. The lowest BCUT2D eigenvalue weighted by molar-refractivity contribution is 0.0289. The third kappa shape index (κ3) is 4.84. The van der Waals surface area contributed by atoms with Crippen LogP contribution in [0.3, 0.4) is 0 Å². The van der Waals surface area contributed by atoms with Crippen LogP contribution in [0.4, 0.5) is 4.79 Å². The summed E-state index contributed by atoms with van der Waals surface area (Å²) in [5, 5.41) is 0. The van der Waals surface area contributed by atoms with Crippen LogP contribution in [0.2, 0.25) is 0 Å². The van der Waals surface area contributed by atoms with Gasteiger partial charge in [-0.25, -0.2) is 4.79 Å². The molecule has 0 aromatic heterocycles. The van der Waals surface area contributed by atoms with E-state index < -0.39 is 5.60 Å². The van der Waals surface area contributed by atoms with Crippen LogP contribution in [0.1, 0.15) is 46.1 Å². The lowest BCUT2D eigenvalue weighted by Gasteiger charge is -2.24. The van der Waals surface area contributed by atoms with Crippen LogP contribution in [0.15, 0.2) is 40.4 Å². The number of allylic oxidation sites excluding steroid dienone is 1. The highest BCUT2D eigenvalue weighted by Crippen LogP contribution is 2.38. The molecule has 0 spiro atoms. The molecule has 1 aliphatic rings. The molecule has 1 heterocycles. The monoisotopic (exact) mass is 379 g/mol. The fraction of sp³-hybridized carbons (Fsp3) is 0.526. The molecule has 2 rings (SSSR count). The van der Waals surface area contributed by atoms with E-state index in [0.717, 1.165) is 4.47 Å². The predicted molar refractivity (Wildman–Crippen MR) is 97.6 cm³/mol. The molecular weight excluding hydrogens is 354 g/mol. The standard InChI is InChI=1S/C19H26BrNO2/c1-13(2)10-14-11-21(18(22)23-19(3,4)5)12-16(14)15-8-6-7-9-17(15)20/h6-10,14,16H,11-12H2,1-5H3/t14-,16-/m0/s1. The minimum absolute atomic E-state index is 0.223. The molecule has 0 saturated carbocycles. The van der Waals surface area contributed by atoms with Crippen LogP contribution >= 0.6 is 15.9 Å². The number of carbonyl (C=O) groups excluding carboxylic acids is 1. The number of benzene rings is 1. The molecule has 23 heavy (non-hydrogen) atoms. The third-order valence-corrected chi connectivity index (χ3v) is 4.59. The van der Waals surface area contributed by atoms with Crippen LogP contribution < -0.4 is 0 Å². The van der Waals surface area contributed by atoms with Gasteiger partial charge in [0.25, 0.3) is 0 Å². The molecule has 0 bridgehead atoms. The molecule has 0 N–H and O–H groups in total. The van der Waals surface area contributed by atoms with Gasteiger partial charge in [0.2, 0.25) is 0 Å². The highest BCUT2D eigenvalue weighted by molar-refractivity contribution is 9.10. The Morgan fingerprint density at radius 2 is 1.91 bits per heavy atom. The van der Waals surface area contributed by atoms with Gasteiger partial charge < -0.3 is 9.64 Å². The zero-order valence-corrected chi connectivity index (χ0v) is 16.2. The predicted octanol–water partition coefficient (Wildman–Crippen LogP) is 5.37. The van der Waals surface area contributed by atoms with E-state index in [1.165, 1.54) is 11.1 Å². The van der Waals surface area contributed by atoms with Crippen LogP contribution in [0, 0.1) is 5.92 Å². The van der Waals surface area contributed by atoms with Gasteiger partial charge in [0, 0.05) is 29.4 Å². The number of nitrogens with zero attached hydrogens (tertiary/aromatic N) is 1. The molecule has 126 valence electrons. The molecule has 2 atom stereocenters. The zero-order valence-electron chi connectivity index (χ0n) is 14.6. The Labute approximate surface area is 147 Å². The summed E-state index contributed by atoms with van der Waals surface area (Å²) in [7, 11) is 0. The highest BCUT2D eigenvalue weighted by atomic mass is 79.9. The van der Waals surface area contributed by atoms with E-state index >= 15 is 0 Å². The lowest BCUT2D eigenvalue weighted by atomic mass is 9.88. The van der Waals surface area contributed by atoms with E-state index in [4.69, 9.17) is 4.74 Å². The Morgan fingerprint density at radius 1 is 1.26 bits per heavy atom. The van der Waals surface area contributed by atoms with Crippen molar-refractivity contribution in [2.45, 2.75) is 46.1 Å². The second-order valence-electron chi connectivity index (χ2n) is 7.42. The summed E-state index contributed by atoms with van der Waals surface area (Å²) in [5.74, 6) is 0.596. The Hall–Kier alpha value is -1.29. The normalized spacial score (nSPS) is 21.2. The van der Waals surface area contributed by atoms with Crippen molar-refractivity contribution in [1.82, 2.24) is 4.90 Å². The summed E-state index contributed by atoms with van der Waals surface area (Å²) < 4.78 is 6.64. The average Bonchev–Trinajstić information content (AvgIpc) is 2.80. The first-order valence-corrected chi connectivity index (χ1v) is 8.84. The molecule has 1 fully saturated rings. The molecule has 0 aliphatic carbocycles. The highest BCUT2D eigenvalue weighted by Gasteiger charge is 2.37. The van der Waals surface area contributed by atoms with Gasteiger partial charge in [-0.1, -0.05) is 45.8 Å². The molecule has 1 amide bonds. The van der Waals surface area contributed by atoms with E-state index in [1.54, 1.807) is 0 Å². The van der Waals surface area contributed by atoms with Gasteiger partial charge in [-0.2, -0.15) is 0 Å². The minimum Gasteiger partial charge on any atom is -0.444 e. The number of amides is 1. The van der Waals surface area contributed by atoms with Crippen molar-refractivity contribution in [3.8, 4) is 0 Å². The van der Waals surface area contributed by atoms with E-state index in [-0.39, 0.29) is 12.0 Å². The summed E-state index contributed by atoms with van der Waals surface area (Å²) in [6, 6.07) is 8.27. The van der Waals surface area contributed by atoms with Crippen molar-refractivity contribution in [3.05, 3.63) is 46.0 Å². The molecular formula is C19H26BrNO2. The Balaban J connectivity index is 2.25. The minimum atomic E-state index is -0.464. The fourth-order valence-corrected chi connectivity index (χ4v) is 3.59. The first-order valence-electron chi connectivity index (χ1n) is 8.05. The van der Waals surface area contributed by atoms with Crippen molar-refractivity contribution in [2.75, 3.05) is 13.1 Å². The van der Waals surface area contributed by atoms with Crippen LogP contribution in [0.5, 0.6) is 0 Å². The van der Waals surface area contributed by atoms with Gasteiger partial charge in [-0.15, -0.1) is 0 Å². The number of carbonyl (C=O) groups is 1. The maximum Gasteiger partial charge on any atom is 0.410 e. The summed E-state index contributed by atoms with van der Waals surface area (Å²) in [4.78, 5) is 14.3. The molecule has 0 radical (unpaired) electrons. The number of hydrogen-bond donors (Lipinski definition) is 0. The van der Waals surface area contributed by atoms with Gasteiger partial charge in [-0.05, 0) is 46.2 Å². The van der Waals surface area contributed by atoms with Crippen LogP contribution in [-0.2, 0) is 4.74 Å². The van der Waals surface area contributed by atoms with E-state index in [2.05, 4.69) is 54.1 Å². The fourth-order valence-electron chi connectivity index (χ4n) is 3.01. The van der Waals surface area contributed by atoms with Gasteiger partial charge in [0.15, 0.2) is 0 Å². The van der Waals surface area contributed by atoms with Gasteiger partial charge in [0.1, 0.15) is 5.60 Å². The second-order valence-corrected chi connectivity index (χ2v) is 8.28. The van der Waals surface area contributed by atoms with Gasteiger partial charge >= 0.3 is 6.09 Å². The zero-order chi connectivity index (χ0) is 17.2. The van der Waals surface area contributed by atoms with Crippen molar-refractivity contribution < 1.29 is 9.53 Å². The number of rotatable bonds is 2. The smallest absolute Gasteiger partial charge is 0.410 e. The average molecular weight is 380 g/mol. The SMILES string of the molecule is CC(C)=C[C@H]1CN(C(=O)OC(C)(C)C)C[C@@H]1c1ccccc1Br. The molecule has 0 unspecified atom stereocenters. The Bertz CT molecular complexity index is 600. The van der Waals surface area contributed by atoms with Crippen molar-refractivity contribution >= 4 is 22.0 Å². The van der Waals surface area contributed by atoms with E-state index in [9.17, 15) is 4.79 Å². The summed E-state index contributed by atoms with van der Waals surface area (Å²) in [6.45, 7) is 11.3. The largest absolute Gasteiger partial charge is 0.444 e. The Morgan fingerprint density at radius 3 is 2.48 bits per heavy atom. The second kappa shape index (κ2) is 7.08. The molecule has 1 saturated heterocycles. The van der Waals surface area contributed by atoms with Gasteiger partial charge in [-0.3, -0.25) is 0 Å². The molecule has 1 aliphatic heterocycles. The topological polar surface area (TPSA) is 29.5 Å². The maximum atomic E-state index is 12.4. The first kappa shape index (κ1) is 18.1. The molecule has 3 nitrogen and oxygen atoms in total. The molecule has 1 aromatic rings. The number of likely N-dealkylation sites (tertiary alicyclic amines) is 1. The first-order chi connectivity index (χ1) is 10.7. The number of hydrogen-bond acceptors (Lipinski definition) is 2. The van der Waals surface area contributed by atoms with Crippen molar-refractivity contribution in [3.63, 3.8) is 0 Å². The maximum absolute atomic E-state index is 12.4. The lowest BCUT2D eigenvalue weighted by Crippen LogP contribution is -2.35. The van der Waals surface area contributed by atoms with Crippen LogP contribution in [-0.4, -0.2) is 29.7 Å². The summed E-state index contributed by atoms with van der Waals surface area (Å²) >= 11 is 3.65. The van der Waals surface area contributed by atoms with Gasteiger partial charge in [0.05, 0.1) is 0 Å². The summed E-state index contributed by atoms with van der Waals surface area (Å²) in [5.41, 5.74) is 2.06. The molecule has 4 heteroatoms. The van der Waals surface area contributed by atoms with E-state index in [0.29, 0.717) is 19.0 Å². The summed E-state index contributed by atoms with van der Waals surface area (Å²) in [6.07, 6.45) is 2.05. The van der Waals surface area contributed by atoms with Crippen molar-refractivity contribution in [2.24, 2.45) is 5.92 Å². The number of halogens is 1. The van der Waals surface area contributed by atoms with E-state index in [1.807, 2.05) is 31.7 Å². The van der Waals surface area contributed by atoms with Crippen LogP contribution in [0.25, 0.3) is 0 Å². The van der Waals surface area contributed by atoms with Crippen molar-refractivity contribution in [1.29, 1.82) is 0 Å². The number of ether oxygens (including phenoxy) is 1. The Kier molecular flexibility index (Phi) is 5.56. The third-order valence-electron chi connectivity index (χ3n) is 3.87. The quantitative estimate of drug-likeness (QED) is 0.646.